The highest BCUT2D eigenvalue weighted by molar-refractivity contribution is 5.80. The van der Waals surface area contributed by atoms with Gasteiger partial charge in [0.2, 0.25) is 5.91 Å². The minimum Gasteiger partial charge on any atom is -0.497 e. The number of nitrogens with one attached hydrogen (secondary N) is 1. The molecule has 0 aliphatic rings. The Morgan fingerprint density at radius 2 is 1.89 bits per heavy atom. The first-order valence-electron chi connectivity index (χ1n) is 5.87. The Hall–Kier alpha value is -1.71. The highest BCUT2D eigenvalue weighted by Crippen LogP contribution is 2.25. The number of carbonyl (C=O) groups excluding carboxylic acids is 1. The first kappa shape index (κ1) is 14.4. The topological polar surface area (TPSA) is 47.6 Å². The van der Waals surface area contributed by atoms with E-state index in [2.05, 4.69) is 5.32 Å². The Balaban J connectivity index is 2.81. The minimum atomic E-state index is -0.225. The molecule has 4 nitrogen and oxygen atoms in total. The first-order chi connectivity index (χ1) is 8.35. The van der Waals surface area contributed by atoms with Crippen LogP contribution in [0.3, 0.4) is 0 Å². The quantitative estimate of drug-likeness (QED) is 0.892. The van der Waals surface area contributed by atoms with E-state index in [4.69, 9.17) is 9.47 Å². The third kappa shape index (κ3) is 4.28. The van der Waals surface area contributed by atoms with Crippen LogP contribution in [0, 0.1) is 0 Å². The maximum Gasteiger partial charge on any atom is 0.224 e. The fraction of sp³-hybridized carbons (Fsp3) is 0.500. The lowest BCUT2D eigenvalue weighted by atomic mass is 10.1. The SMILES string of the molecule is COc1ccc(CC(=O)NC(C)(C)C)c(OC)c1. The Morgan fingerprint density at radius 1 is 1.22 bits per heavy atom. The van der Waals surface area contributed by atoms with Crippen molar-refractivity contribution >= 4 is 5.91 Å². The maximum absolute atomic E-state index is 11.9. The van der Waals surface area contributed by atoms with Crippen LogP contribution in [-0.4, -0.2) is 25.7 Å². The van der Waals surface area contributed by atoms with Gasteiger partial charge in [0, 0.05) is 17.2 Å². The third-order valence-electron chi connectivity index (χ3n) is 2.36. The summed E-state index contributed by atoms with van der Waals surface area (Å²) in [5.74, 6) is 1.36. The molecule has 0 saturated carbocycles. The van der Waals surface area contributed by atoms with Gasteiger partial charge < -0.3 is 14.8 Å². The normalized spacial score (nSPS) is 10.9. The van der Waals surface area contributed by atoms with Gasteiger partial charge in [-0.1, -0.05) is 6.07 Å². The Morgan fingerprint density at radius 3 is 2.39 bits per heavy atom. The molecule has 1 rings (SSSR count). The van der Waals surface area contributed by atoms with Gasteiger partial charge in [-0.3, -0.25) is 4.79 Å². The number of benzene rings is 1. The highest BCUT2D eigenvalue weighted by atomic mass is 16.5. The second-order valence-corrected chi connectivity index (χ2v) is 5.15. The predicted molar refractivity (Wildman–Crippen MR) is 71.1 cm³/mol. The summed E-state index contributed by atoms with van der Waals surface area (Å²) in [7, 11) is 3.18. The van der Waals surface area contributed by atoms with E-state index in [0.717, 1.165) is 5.56 Å². The number of carbonyl (C=O) groups is 1. The van der Waals surface area contributed by atoms with E-state index in [9.17, 15) is 4.79 Å². The van der Waals surface area contributed by atoms with Crippen molar-refractivity contribution in [3.63, 3.8) is 0 Å². The lowest BCUT2D eigenvalue weighted by Gasteiger charge is -2.21. The van der Waals surface area contributed by atoms with Crippen molar-refractivity contribution in [3.8, 4) is 11.5 Å². The van der Waals surface area contributed by atoms with Gasteiger partial charge in [-0.2, -0.15) is 0 Å². The van der Waals surface area contributed by atoms with Gasteiger partial charge in [0.25, 0.3) is 0 Å². The van der Waals surface area contributed by atoms with Crippen LogP contribution >= 0.6 is 0 Å². The van der Waals surface area contributed by atoms with Gasteiger partial charge in [0.15, 0.2) is 0 Å². The number of hydrogen-bond acceptors (Lipinski definition) is 3. The molecule has 4 heteroatoms. The first-order valence-corrected chi connectivity index (χ1v) is 5.87. The van der Waals surface area contributed by atoms with E-state index >= 15 is 0 Å². The third-order valence-corrected chi connectivity index (χ3v) is 2.36. The van der Waals surface area contributed by atoms with Crippen molar-refractivity contribution in [1.82, 2.24) is 5.32 Å². The summed E-state index contributed by atoms with van der Waals surface area (Å²) in [6.07, 6.45) is 0.296. The number of ether oxygens (including phenoxy) is 2. The largest absolute Gasteiger partial charge is 0.497 e. The van der Waals surface area contributed by atoms with Crippen LogP contribution in [0.1, 0.15) is 26.3 Å². The van der Waals surface area contributed by atoms with Crippen molar-refractivity contribution < 1.29 is 14.3 Å². The van der Waals surface area contributed by atoms with E-state index in [1.807, 2.05) is 32.9 Å². The zero-order valence-electron chi connectivity index (χ0n) is 11.7. The molecule has 0 aliphatic heterocycles. The van der Waals surface area contributed by atoms with E-state index in [1.165, 1.54) is 0 Å². The number of methoxy groups -OCH3 is 2. The molecule has 0 bridgehead atoms. The van der Waals surface area contributed by atoms with Crippen molar-refractivity contribution in [2.45, 2.75) is 32.7 Å². The summed E-state index contributed by atoms with van der Waals surface area (Å²) in [5.41, 5.74) is 0.622. The van der Waals surface area contributed by atoms with Crippen molar-refractivity contribution in [2.24, 2.45) is 0 Å². The molecule has 1 aromatic carbocycles. The van der Waals surface area contributed by atoms with Crippen LogP contribution in [0.5, 0.6) is 11.5 Å². The molecular weight excluding hydrogens is 230 g/mol. The molecule has 0 aliphatic carbocycles. The molecule has 0 saturated heterocycles. The second-order valence-electron chi connectivity index (χ2n) is 5.15. The van der Waals surface area contributed by atoms with Gasteiger partial charge in [-0.15, -0.1) is 0 Å². The summed E-state index contributed by atoms with van der Waals surface area (Å²) < 4.78 is 10.4. The summed E-state index contributed by atoms with van der Waals surface area (Å²) >= 11 is 0. The Kier molecular flexibility index (Phi) is 4.59. The Bertz CT molecular complexity index is 422. The molecular formula is C14H21NO3. The number of hydrogen-bond donors (Lipinski definition) is 1. The van der Waals surface area contributed by atoms with Crippen LogP contribution in [-0.2, 0) is 11.2 Å². The van der Waals surface area contributed by atoms with Crippen molar-refractivity contribution in [1.29, 1.82) is 0 Å². The summed E-state index contributed by atoms with van der Waals surface area (Å²) in [6, 6.07) is 5.45. The summed E-state index contributed by atoms with van der Waals surface area (Å²) in [5, 5.41) is 2.92. The van der Waals surface area contributed by atoms with Gasteiger partial charge in [0.1, 0.15) is 11.5 Å². The molecule has 0 heterocycles. The average molecular weight is 251 g/mol. The van der Waals surface area contributed by atoms with E-state index < -0.39 is 0 Å². The van der Waals surface area contributed by atoms with Gasteiger partial charge in [0.05, 0.1) is 20.6 Å². The maximum atomic E-state index is 11.9. The zero-order chi connectivity index (χ0) is 13.8. The molecule has 0 aromatic heterocycles. The highest BCUT2D eigenvalue weighted by Gasteiger charge is 2.15. The van der Waals surface area contributed by atoms with Crippen LogP contribution in [0.25, 0.3) is 0 Å². The fourth-order valence-electron chi connectivity index (χ4n) is 1.63. The number of rotatable bonds is 4. The lowest BCUT2D eigenvalue weighted by molar-refractivity contribution is -0.121. The second kappa shape index (κ2) is 5.76. The van der Waals surface area contributed by atoms with Crippen LogP contribution < -0.4 is 14.8 Å². The smallest absolute Gasteiger partial charge is 0.224 e. The van der Waals surface area contributed by atoms with E-state index in [0.29, 0.717) is 17.9 Å². The summed E-state index contributed by atoms with van der Waals surface area (Å²) in [4.78, 5) is 11.9. The molecule has 18 heavy (non-hydrogen) atoms. The standard InChI is InChI=1S/C14H21NO3/c1-14(2,3)15-13(16)8-10-6-7-11(17-4)9-12(10)18-5/h6-7,9H,8H2,1-5H3,(H,15,16). The van der Waals surface area contributed by atoms with Gasteiger partial charge in [-0.25, -0.2) is 0 Å². The summed E-state index contributed by atoms with van der Waals surface area (Å²) in [6.45, 7) is 5.86. The van der Waals surface area contributed by atoms with Crippen LogP contribution in [0.15, 0.2) is 18.2 Å². The number of amides is 1. The Labute approximate surface area is 108 Å². The predicted octanol–water partition coefficient (Wildman–Crippen LogP) is 2.16. The van der Waals surface area contributed by atoms with E-state index in [1.54, 1.807) is 20.3 Å². The average Bonchev–Trinajstić information content (AvgIpc) is 2.27. The van der Waals surface area contributed by atoms with Crippen molar-refractivity contribution in [2.75, 3.05) is 14.2 Å². The molecule has 0 fully saturated rings. The van der Waals surface area contributed by atoms with Crippen LogP contribution in [0.4, 0.5) is 0 Å². The molecule has 0 radical (unpaired) electrons. The molecule has 0 unspecified atom stereocenters. The molecule has 1 amide bonds. The zero-order valence-corrected chi connectivity index (χ0v) is 11.7. The van der Waals surface area contributed by atoms with Gasteiger partial charge in [-0.05, 0) is 26.8 Å². The molecule has 1 N–H and O–H groups in total. The minimum absolute atomic E-state index is 0.0223. The van der Waals surface area contributed by atoms with Crippen LogP contribution in [0.2, 0.25) is 0 Å². The monoisotopic (exact) mass is 251 g/mol. The lowest BCUT2D eigenvalue weighted by Crippen LogP contribution is -2.41. The molecule has 0 atom stereocenters. The van der Waals surface area contributed by atoms with Crippen molar-refractivity contribution in [3.05, 3.63) is 23.8 Å². The molecule has 1 aromatic rings. The van der Waals surface area contributed by atoms with Gasteiger partial charge >= 0.3 is 0 Å². The molecule has 0 spiro atoms. The van der Waals surface area contributed by atoms with E-state index in [-0.39, 0.29) is 11.4 Å². The fourth-order valence-corrected chi connectivity index (χ4v) is 1.63. The molecule has 100 valence electrons.